The van der Waals surface area contributed by atoms with Crippen LogP contribution in [0.15, 0.2) is 47.4 Å². The van der Waals surface area contributed by atoms with Gasteiger partial charge in [0, 0.05) is 24.2 Å². The summed E-state index contributed by atoms with van der Waals surface area (Å²) in [6.45, 7) is 7.51. The van der Waals surface area contributed by atoms with Crippen LogP contribution in [0, 0.1) is 13.8 Å². The molecule has 0 unspecified atom stereocenters. The summed E-state index contributed by atoms with van der Waals surface area (Å²) < 4.78 is 33.0. The second kappa shape index (κ2) is 10.2. The number of benzene rings is 2. The fourth-order valence-corrected chi connectivity index (χ4v) is 6.35. The van der Waals surface area contributed by atoms with Crippen LogP contribution in [0.4, 0.5) is 5.13 Å². The van der Waals surface area contributed by atoms with Crippen molar-refractivity contribution < 1.29 is 17.9 Å². The molecule has 34 heavy (non-hydrogen) atoms. The maximum absolute atomic E-state index is 12.9. The van der Waals surface area contributed by atoms with E-state index in [0.29, 0.717) is 41.1 Å². The van der Waals surface area contributed by atoms with Gasteiger partial charge in [0.05, 0.1) is 11.5 Å². The zero-order valence-electron chi connectivity index (χ0n) is 19.6. The molecule has 9 heteroatoms. The third kappa shape index (κ3) is 5.16. The van der Waals surface area contributed by atoms with Gasteiger partial charge in [-0.15, -0.1) is 0 Å². The Kier molecular flexibility index (Phi) is 7.35. The van der Waals surface area contributed by atoms with Crippen LogP contribution in [0.25, 0.3) is 11.3 Å². The number of nitrogens with one attached hydrogen (secondary N) is 1. The topological polar surface area (TPSA) is 88.6 Å². The maximum atomic E-state index is 12.9. The number of piperidine rings is 1. The summed E-state index contributed by atoms with van der Waals surface area (Å²) in [6.07, 6.45) is 2.81. The molecule has 1 N–H and O–H groups in total. The summed E-state index contributed by atoms with van der Waals surface area (Å²) in [5.41, 5.74) is 4.21. The zero-order chi connectivity index (χ0) is 24.3. The Morgan fingerprint density at radius 3 is 2.47 bits per heavy atom. The van der Waals surface area contributed by atoms with Gasteiger partial charge in [-0.1, -0.05) is 35.5 Å². The first kappa shape index (κ1) is 24.4. The molecule has 2 heterocycles. The Bertz CT molecular complexity index is 1280. The molecule has 0 bridgehead atoms. The van der Waals surface area contributed by atoms with Crippen LogP contribution < -0.4 is 10.1 Å². The standard InChI is InChI=1S/C25H29N3O4S2/c1-4-32-24-22(21-16-17(2)8-9-18(21)3)26-25(33-24)27-23(29)19-10-12-20(13-11-19)34(30,31)28-14-6-5-7-15-28/h8-13,16H,4-7,14-15H2,1-3H3,(H,26,27,29). The Morgan fingerprint density at radius 1 is 1.09 bits per heavy atom. The molecule has 1 aliphatic rings. The van der Waals surface area contributed by atoms with Gasteiger partial charge in [0.25, 0.3) is 5.91 Å². The third-order valence-electron chi connectivity index (χ3n) is 5.81. The Hall–Kier alpha value is -2.75. The largest absolute Gasteiger partial charge is 0.483 e. The number of carbonyl (C=O) groups excluding carboxylic acids is 1. The van der Waals surface area contributed by atoms with Crippen molar-refractivity contribution in [2.75, 3.05) is 25.0 Å². The van der Waals surface area contributed by atoms with Crippen LogP contribution in [0.3, 0.4) is 0 Å². The van der Waals surface area contributed by atoms with Crippen LogP contribution in [0.2, 0.25) is 0 Å². The number of hydrogen-bond donors (Lipinski definition) is 1. The Morgan fingerprint density at radius 2 is 1.79 bits per heavy atom. The molecule has 1 aliphatic heterocycles. The highest BCUT2D eigenvalue weighted by Gasteiger charge is 2.26. The molecular weight excluding hydrogens is 470 g/mol. The first-order chi connectivity index (χ1) is 16.3. The second-order valence-corrected chi connectivity index (χ2v) is 11.2. The minimum atomic E-state index is -3.54. The van der Waals surface area contributed by atoms with Crippen molar-refractivity contribution in [3.63, 3.8) is 0 Å². The van der Waals surface area contributed by atoms with Crippen molar-refractivity contribution in [2.45, 2.75) is 44.9 Å². The number of nitrogens with zero attached hydrogens (tertiary/aromatic N) is 2. The molecule has 4 rings (SSSR count). The molecule has 7 nitrogen and oxygen atoms in total. The van der Waals surface area contributed by atoms with E-state index in [2.05, 4.69) is 16.4 Å². The number of rotatable bonds is 7. The van der Waals surface area contributed by atoms with E-state index in [1.807, 2.05) is 32.9 Å². The predicted molar refractivity (Wildman–Crippen MR) is 135 cm³/mol. The minimum Gasteiger partial charge on any atom is -0.483 e. The summed E-state index contributed by atoms with van der Waals surface area (Å²) >= 11 is 1.27. The summed E-state index contributed by atoms with van der Waals surface area (Å²) in [4.78, 5) is 17.7. The third-order valence-corrected chi connectivity index (χ3v) is 8.61. The lowest BCUT2D eigenvalue weighted by Crippen LogP contribution is -2.35. The normalized spacial score (nSPS) is 14.7. The maximum Gasteiger partial charge on any atom is 0.257 e. The highest BCUT2D eigenvalue weighted by atomic mass is 32.2. The number of ether oxygens (including phenoxy) is 1. The van der Waals surface area contributed by atoms with Gasteiger partial charge in [0.1, 0.15) is 5.69 Å². The summed E-state index contributed by atoms with van der Waals surface area (Å²) in [5, 5.41) is 3.90. The number of hydrogen-bond acceptors (Lipinski definition) is 6. The summed E-state index contributed by atoms with van der Waals surface area (Å²) in [6, 6.07) is 12.2. The lowest BCUT2D eigenvalue weighted by atomic mass is 10.0. The number of aryl methyl sites for hydroxylation is 2. The summed E-state index contributed by atoms with van der Waals surface area (Å²) in [7, 11) is -3.54. The van der Waals surface area contributed by atoms with E-state index >= 15 is 0 Å². The van der Waals surface area contributed by atoms with E-state index < -0.39 is 10.0 Å². The van der Waals surface area contributed by atoms with E-state index in [9.17, 15) is 13.2 Å². The van der Waals surface area contributed by atoms with Gasteiger partial charge in [-0.25, -0.2) is 13.4 Å². The first-order valence-corrected chi connectivity index (χ1v) is 13.7. The lowest BCUT2D eigenvalue weighted by Gasteiger charge is -2.25. The Balaban J connectivity index is 1.54. The van der Waals surface area contributed by atoms with Crippen LogP contribution >= 0.6 is 11.3 Å². The van der Waals surface area contributed by atoms with Crippen LogP contribution in [-0.2, 0) is 10.0 Å². The van der Waals surface area contributed by atoms with Crippen molar-refractivity contribution in [3.8, 4) is 16.3 Å². The molecule has 3 aromatic rings. The van der Waals surface area contributed by atoms with Crippen LogP contribution in [0.5, 0.6) is 5.06 Å². The highest BCUT2D eigenvalue weighted by molar-refractivity contribution is 7.89. The number of aromatic nitrogens is 1. The molecule has 1 fully saturated rings. The number of thiazole rings is 1. The van der Waals surface area contributed by atoms with E-state index in [0.717, 1.165) is 36.0 Å². The van der Waals surface area contributed by atoms with Gasteiger partial charge in [-0.2, -0.15) is 4.31 Å². The van der Waals surface area contributed by atoms with E-state index in [1.54, 1.807) is 0 Å². The van der Waals surface area contributed by atoms with Crippen molar-refractivity contribution in [1.29, 1.82) is 0 Å². The van der Waals surface area contributed by atoms with Gasteiger partial charge in [0.15, 0.2) is 5.13 Å². The monoisotopic (exact) mass is 499 g/mol. The molecule has 180 valence electrons. The molecule has 1 amide bonds. The smallest absolute Gasteiger partial charge is 0.257 e. The zero-order valence-corrected chi connectivity index (χ0v) is 21.3. The van der Waals surface area contributed by atoms with E-state index in [-0.39, 0.29) is 10.8 Å². The molecule has 0 atom stereocenters. The summed E-state index contributed by atoms with van der Waals surface area (Å²) in [5.74, 6) is -0.355. The van der Waals surface area contributed by atoms with Gasteiger partial charge in [0.2, 0.25) is 15.1 Å². The van der Waals surface area contributed by atoms with Crippen molar-refractivity contribution in [1.82, 2.24) is 9.29 Å². The lowest BCUT2D eigenvalue weighted by molar-refractivity contribution is 0.102. The number of carbonyl (C=O) groups is 1. The van der Waals surface area contributed by atoms with Gasteiger partial charge in [-0.05, 0) is 69.5 Å². The molecule has 1 aromatic heterocycles. The second-order valence-electron chi connectivity index (χ2n) is 8.35. The van der Waals surface area contributed by atoms with Gasteiger partial charge < -0.3 is 4.74 Å². The first-order valence-electron chi connectivity index (χ1n) is 11.4. The van der Waals surface area contributed by atoms with Crippen molar-refractivity contribution in [3.05, 3.63) is 59.2 Å². The Labute approximate surface area is 204 Å². The molecule has 1 saturated heterocycles. The van der Waals surface area contributed by atoms with Crippen LogP contribution in [-0.4, -0.2) is 43.3 Å². The SMILES string of the molecule is CCOc1sc(NC(=O)c2ccc(S(=O)(=O)N3CCCCC3)cc2)nc1-c1cc(C)ccc1C. The minimum absolute atomic E-state index is 0.205. The van der Waals surface area contributed by atoms with Gasteiger partial charge >= 0.3 is 0 Å². The van der Waals surface area contributed by atoms with Crippen molar-refractivity contribution >= 4 is 32.4 Å². The fraction of sp³-hybridized carbons (Fsp3) is 0.360. The molecule has 0 aliphatic carbocycles. The molecular formula is C25H29N3O4S2. The molecule has 2 aromatic carbocycles. The quantitative estimate of drug-likeness (QED) is 0.479. The fourth-order valence-electron chi connectivity index (χ4n) is 3.95. The number of sulfonamides is 1. The molecule has 0 saturated carbocycles. The van der Waals surface area contributed by atoms with Gasteiger partial charge in [-0.3, -0.25) is 10.1 Å². The molecule has 0 radical (unpaired) electrons. The predicted octanol–water partition coefficient (Wildman–Crippen LogP) is 5.25. The average Bonchev–Trinajstić information content (AvgIpc) is 3.23. The average molecular weight is 500 g/mol. The van der Waals surface area contributed by atoms with E-state index in [4.69, 9.17) is 4.74 Å². The number of anilines is 1. The molecule has 0 spiro atoms. The van der Waals surface area contributed by atoms with Crippen molar-refractivity contribution in [2.24, 2.45) is 0 Å². The highest BCUT2D eigenvalue weighted by Crippen LogP contribution is 2.39. The number of amides is 1. The van der Waals surface area contributed by atoms with Crippen LogP contribution in [0.1, 0.15) is 47.7 Å². The van der Waals surface area contributed by atoms with E-state index in [1.165, 1.54) is 39.9 Å².